The van der Waals surface area contributed by atoms with Gasteiger partial charge in [-0.2, -0.15) is 0 Å². The molecule has 0 N–H and O–H groups in total. The van der Waals surface area contributed by atoms with Gasteiger partial charge in [0.15, 0.2) is 13.6 Å². The van der Waals surface area contributed by atoms with Crippen LogP contribution in [0.25, 0.3) is 0 Å². The molecule has 0 aliphatic heterocycles. The molecule has 0 saturated carbocycles. The van der Waals surface area contributed by atoms with Crippen molar-refractivity contribution in [2.75, 3.05) is 0 Å². The number of hydrogen-bond acceptors (Lipinski definition) is 3. The molecule has 3 nitrogen and oxygen atoms in total. The van der Waals surface area contributed by atoms with Crippen LogP contribution in [0.3, 0.4) is 0 Å². The Labute approximate surface area is 229 Å². The minimum absolute atomic E-state index is 0.100. The molecule has 0 radical (unpaired) electrons. The lowest BCUT2D eigenvalue weighted by molar-refractivity contribution is 0.103. The lowest BCUT2D eigenvalue weighted by Gasteiger charge is -2.36. The number of benzene rings is 3. The SMILES string of the molecule is Cc1cccc(C)c1C(=O)[PH](=O)c1c(C(C)(C)C)cc(C(C)(C)C)c(C(=O)c2ccccc2)c1C(C)(C)C. The number of hydrogen-bond donors (Lipinski definition) is 0. The number of carbonyl (C=O) groups is 2. The lowest BCUT2D eigenvalue weighted by atomic mass is 9.70. The first-order valence-corrected chi connectivity index (χ1v) is 14.8. The van der Waals surface area contributed by atoms with Gasteiger partial charge in [-0.15, -0.1) is 0 Å². The zero-order valence-electron chi connectivity index (χ0n) is 24.9. The summed E-state index contributed by atoms with van der Waals surface area (Å²) in [6.07, 6.45) is 0. The summed E-state index contributed by atoms with van der Waals surface area (Å²) in [6.45, 7) is 22.5. The van der Waals surface area contributed by atoms with Crippen molar-refractivity contribution < 1.29 is 14.2 Å². The maximum Gasteiger partial charge on any atom is 0.223 e. The molecule has 0 bridgehead atoms. The molecule has 202 valence electrons. The van der Waals surface area contributed by atoms with E-state index < -0.39 is 18.6 Å². The quantitative estimate of drug-likeness (QED) is 0.246. The molecule has 4 heteroatoms. The van der Waals surface area contributed by atoms with Gasteiger partial charge in [-0.1, -0.05) is 117 Å². The second-order valence-corrected chi connectivity index (χ2v) is 15.1. The van der Waals surface area contributed by atoms with Gasteiger partial charge in [0.1, 0.15) is 0 Å². The molecule has 3 rings (SSSR count). The van der Waals surface area contributed by atoms with Crippen molar-refractivity contribution in [2.24, 2.45) is 0 Å². The van der Waals surface area contributed by atoms with Gasteiger partial charge in [0, 0.05) is 22.0 Å². The van der Waals surface area contributed by atoms with Gasteiger partial charge in [-0.25, -0.2) is 0 Å². The third-order valence-corrected chi connectivity index (χ3v) is 8.73. The van der Waals surface area contributed by atoms with E-state index in [2.05, 4.69) is 47.6 Å². The van der Waals surface area contributed by atoms with Gasteiger partial charge in [0.05, 0.1) is 0 Å². The molecular formula is C34H43O3P. The first-order chi connectivity index (χ1) is 17.4. The van der Waals surface area contributed by atoms with E-state index in [-0.39, 0.29) is 16.7 Å². The standard InChI is InChI=1S/C34H43O3P/c1-21-16-15-17-22(2)26(21)31(36)38(37)30-25(33(6,7)8)20-24(32(3,4)5)27(28(30)34(9,10)11)29(35)23-18-13-12-14-19-23/h12-20,38H,1-11H3. The highest BCUT2D eigenvalue weighted by Gasteiger charge is 2.39. The summed E-state index contributed by atoms with van der Waals surface area (Å²) < 4.78 is 14.6. The molecule has 0 aromatic heterocycles. The van der Waals surface area contributed by atoms with E-state index >= 15 is 0 Å². The lowest BCUT2D eigenvalue weighted by Crippen LogP contribution is -2.35. The maximum absolute atomic E-state index is 14.6. The minimum Gasteiger partial charge on any atom is -0.313 e. The van der Waals surface area contributed by atoms with Crippen LogP contribution in [0.15, 0.2) is 54.6 Å². The predicted molar refractivity (Wildman–Crippen MR) is 161 cm³/mol. The van der Waals surface area contributed by atoms with Crippen LogP contribution in [0.5, 0.6) is 0 Å². The van der Waals surface area contributed by atoms with Crippen LogP contribution >= 0.6 is 7.80 Å². The van der Waals surface area contributed by atoms with Crippen LogP contribution in [-0.2, 0) is 20.8 Å². The molecule has 0 fully saturated rings. The van der Waals surface area contributed by atoms with E-state index in [0.29, 0.717) is 22.0 Å². The molecular weight excluding hydrogens is 487 g/mol. The fourth-order valence-electron chi connectivity index (χ4n) is 5.22. The summed E-state index contributed by atoms with van der Waals surface area (Å²) in [5.74, 6) is -0.100. The Balaban J connectivity index is 2.55. The highest BCUT2D eigenvalue weighted by Crippen LogP contribution is 2.44. The van der Waals surface area contributed by atoms with Crippen molar-refractivity contribution in [1.29, 1.82) is 0 Å². The normalized spacial score (nSPS) is 13.3. The third-order valence-electron chi connectivity index (χ3n) is 7.10. The van der Waals surface area contributed by atoms with E-state index in [1.54, 1.807) is 0 Å². The van der Waals surface area contributed by atoms with Gasteiger partial charge in [0.25, 0.3) is 0 Å². The minimum atomic E-state index is -3.00. The largest absolute Gasteiger partial charge is 0.313 e. The average molecular weight is 531 g/mol. The zero-order valence-corrected chi connectivity index (χ0v) is 25.9. The number of carbonyl (C=O) groups excluding carboxylic acids is 2. The second-order valence-electron chi connectivity index (χ2n) is 13.5. The van der Waals surface area contributed by atoms with Crippen molar-refractivity contribution in [2.45, 2.75) is 92.4 Å². The highest BCUT2D eigenvalue weighted by molar-refractivity contribution is 7.71. The summed E-state index contributed by atoms with van der Waals surface area (Å²) in [5, 5.41) is 0.551. The average Bonchev–Trinajstić information content (AvgIpc) is 2.80. The molecule has 1 atom stereocenters. The summed E-state index contributed by atoms with van der Waals surface area (Å²) >= 11 is 0. The first-order valence-electron chi connectivity index (χ1n) is 13.3. The van der Waals surface area contributed by atoms with Crippen LogP contribution in [0.4, 0.5) is 0 Å². The van der Waals surface area contributed by atoms with Crippen LogP contribution in [0, 0.1) is 13.8 Å². The smallest absolute Gasteiger partial charge is 0.223 e. The van der Waals surface area contributed by atoms with Crippen molar-refractivity contribution in [3.63, 3.8) is 0 Å². The van der Waals surface area contributed by atoms with Crippen molar-refractivity contribution >= 4 is 24.4 Å². The Bertz CT molecular complexity index is 1390. The Morgan fingerprint density at radius 1 is 0.632 bits per heavy atom. The van der Waals surface area contributed by atoms with Gasteiger partial charge < -0.3 is 4.57 Å². The van der Waals surface area contributed by atoms with E-state index in [9.17, 15) is 14.2 Å². The third kappa shape index (κ3) is 5.79. The summed E-state index contributed by atoms with van der Waals surface area (Å²) in [5.41, 5.74) is 4.19. The molecule has 0 saturated heterocycles. The molecule has 3 aromatic rings. The van der Waals surface area contributed by atoms with Crippen LogP contribution in [0.1, 0.15) is 116 Å². The molecule has 1 unspecified atom stereocenters. The highest BCUT2D eigenvalue weighted by atomic mass is 31.1. The van der Waals surface area contributed by atoms with Gasteiger partial charge >= 0.3 is 0 Å². The Morgan fingerprint density at radius 3 is 1.58 bits per heavy atom. The van der Waals surface area contributed by atoms with Crippen molar-refractivity contribution in [1.82, 2.24) is 0 Å². The van der Waals surface area contributed by atoms with Crippen molar-refractivity contribution in [3.8, 4) is 0 Å². The molecule has 0 amide bonds. The van der Waals surface area contributed by atoms with Gasteiger partial charge in [-0.05, 0) is 57.9 Å². The molecule has 0 heterocycles. The number of aryl methyl sites for hydroxylation is 2. The van der Waals surface area contributed by atoms with E-state index in [4.69, 9.17) is 0 Å². The Kier molecular flexibility index (Phi) is 8.17. The summed E-state index contributed by atoms with van der Waals surface area (Å²) in [6, 6.07) is 17.0. The van der Waals surface area contributed by atoms with Crippen LogP contribution < -0.4 is 5.30 Å². The summed E-state index contributed by atoms with van der Waals surface area (Å²) in [7, 11) is -3.00. The molecule has 3 aromatic carbocycles. The van der Waals surface area contributed by atoms with Gasteiger partial charge in [-0.3, -0.25) is 9.59 Å². The monoisotopic (exact) mass is 530 g/mol. The van der Waals surface area contributed by atoms with Crippen molar-refractivity contribution in [3.05, 3.63) is 99.1 Å². The van der Waals surface area contributed by atoms with E-state index in [1.807, 2.05) is 83.1 Å². The Morgan fingerprint density at radius 2 is 1.13 bits per heavy atom. The van der Waals surface area contributed by atoms with E-state index in [0.717, 1.165) is 27.8 Å². The second kappa shape index (κ2) is 10.4. The Hall–Kier alpha value is -2.77. The topological polar surface area (TPSA) is 51.2 Å². The van der Waals surface area contributed by atoms with Gasteiger partial charge in [0.2, 0.25) is 5.52 Å². The first kappa shape index (κ1) is 29.8. The maximum atomic E-state index is 14.6. The van der Waals surface area contributed by atoms with Crippen LogP contribution in [-0.4, -0.2) is 11.3 Å². The molecule has 0 aliphatic rings. The number of ketones is 1. The van der Waals surface area contributed by atoms with Crippen LogP contribution in [0.2, 0.25) is 0 Å². The fourth-order valence-corrected chi connectivity index (χ4v) is 7.49. The molecule has 0 spiro atoms. The summed E-state index contributed by atoms with van der Waals surface area (Å²) in [4.78, 5) is 28.3. The molecule has 0 aliphatic carbocycles. The number of rotatable bonds is 5. The zero-order chi connectivity index (χ0) is 28.8. The predicted octanol–water partition coefficient (Wildman–Crippen LogP) is 8.45. The van der Waals surface area contributed by atoms with E-state index in [1.165, 1.54) is 0 Å². The fraction of sp³-hybridized carbons (Fsp3) is 0.412. The molecule has 38 heavy (non-hydrogen) atoms.